The smallest absolute Gasteiger partial charge is 0.0175 e. The van der Waals surface area contributed by atoms with Crippen molar-refractivity contribution in [1.82, 2.24) is 0 Å². The van der Waals surface area contributed by atoms with Crippen molar-refractivity contribution < 1.29 is 0 Å². The van der Waals surface area contributed by atoms with E-state index in [1.807, 2.05) is 30.3 Å². The zero-order valence-corrected chi connectivity index (χ0v) is 10.7. The standard InChI is InChI=1S/C8H10.C6H5Br/c1-7-5-3-4-6-8(7)2;7-6-4-2-1-3-5-6/h3-6H,1-2H3;1-5H. The maximum Gasteiger partial charge on any atom is 0.0175 e. The molecule has 0 atom stereocenters. The van der Waals surface area contributed by atoms with Crippen molar-refractivity contribution in [1.29, 1.82) is 0 Å². The molecule has 0 aromatic heterocycles. The van der Waals surface area contributed by atoms with Gasteiger partial charge in [0.15, 0.2) is 0 Å². The summed E-state index contributed by atoms with van der Waals surface area (Å²) in [7, 11) is 0. The summed E-state index contributed by atoms with van der Waals surface area (Å²) >= 11 is 3.31. The number of halogens is 1. The van der Waals surface area contributed by atoms with E-state index in [2.05, 4.69) is 54.0 Å². The third-order valence-corrected chi connectivity index (χ3v) is 2.69. The molecule has 0 aliphatic carbocycles. The lowest BCUT2D eigenvalue weighted by Crippen LogP contribution is -1.74. The van der Waals surface area contributed by atoms with Crippen LogP contribution in [0, 0.1) is 13.8 Å². The van der Waals surface area contributed by atoms with Gasteiger partial charge in [0.2, 0.25) is 0 Å². The Morgan fingerprint density at radius 3 is 1.33 bits per heavy atom. The van der Waals surface area contributed by atoms with Gasteiger partial charge in [-0.15, -0.1) is 0 Å². The van der Waals surface area contributed by atoms with E-state index in [0.717, 1.165) is 4.47 Å². The highest BCUT2D eigenvalue weighted by molar-refractivity contribution is 9.10. The van der Waals surface area contributed by atoms with E-state index >= 15 is 0 Å². The van der Waals surface area contributed by atoms with Crippen molar-refractivity contribution in [3.05, 3.63) is 70.2 Å². The number of rotatable bonds is 0. The largest absolute Gasteiger partial charge is 0.0622 e. The fraction of sp³-hybridized carbons (Fsp3) is 0.143. The number of hydrogen-bond acceptors (Lipinski definition) is 0. The molecule has 0 spiro atoms. The molecule has 2 rings (SSSR count). The van der Waals surface area contributed by atoms with Gasteiger partial charge >= 0.3 is 0 Å². The lowest BCUT2D eigenvalue weighted by molar-refractivity contribution is 1.34. The molecule has 15 heavy (non-hydrogen) atoms. The molecule has 0 N–H and O–H groups in total. The summed E-state index contributed by atoms with van der Waals surface area (Å²) in [6, 6.07) is 18.3. The van der Waals surface area contributed by atoms with Gasteiger partial charge in [-0.2, -0.15) is 0 Å². The summed E-state index contributed by atoms with van der Waals surface area (Å²) < 4.78 is 1.13. The van der Waals surface area contributed by atoms with E-state index < -0.39 is 0 Å². The Balaban J connectivity index is 0.000000151. The van der Waals surface area contributed by atoms with Gasteiger partial charge in [-0.1, -0.05) is 58.4 Å². The SMILES string of the molecule is Brc1ccccc1.Cc1ccccc1C. The van der Waals surface area contributed by atoms with Gasteiger partial charge < -0.3 is 0 Å². The molecule has 2 aromatic rings. The molecule has 2 aromatic carbocycles. The number of benzene rings is 2. The van der Waals surface area contributed by atoms with Crippen LogP contribution in [-0.4, -0.2) is 0 Å². The zero-order valence-electron chi connectivity index (χ0n) is 9.07. The monoisotopic (exact) mass is 262 g/mol. The van der Waals surface area contributed by atoms with Gasteiger partial charge in [0.25, 0.3) is 0 Å². The van der Waals surface area contributed by atoms with Gasteiger partial charge in [0.1, 0.15) is 0 Å². The Morgan fingerprint density at radius 2 is 1.07 bits per heavy atom. The average molecular weight is 263 g/mol. The summed E-state index contributed by atoms with van der Waals surface area (Å²) in [5.41, 5.74) is 2.74. The summed E-state index contributed by atoms with van der Waals surface area (Å²) in [5.74, 6) is 0. The van der Waals surface area contributed by atoms with Crippen molar-refractivity contribution in [3.63, 3.8) is 0 Å². The van der Waals surface area contributed by atoms with Crippen LogP contribution in [0.5, 0.6) is 0 Å². The molecule has 0 amide bonds. The lowest BCUT2D eigenvalue weighted by atomic mass is 10.1. The van der Waals surface area contributed by atoms with Crippen molar-refractivity contribution >= 4 is 15.9 Å². The van der Waals surface area contributed by atoms with Crippen LogP contribution in [0.2, 0.25) is 0 Å². The van der Waals surface area contributed by atoms with E-state index in [-0.39, 0.29) is 0 Å². The van der Waals surface area contributed by atoms with Crippen molar-refractivity contribution in [2.75, 3.05) is 0 Å². The molecule has 1 heteroatoms. The maximum absolute atomic E-state index is 3.31. The molecule has 0 radical (unpaired) electrons. The first kappa shape index (κ1) is 12.0. The Bertz CT molecular complexity index is 372. The Kier molecular flexibility index (Phi) is 5.13. The Morgan fingerprint density at radius 1 is 0.667 bits per heavy atom. The van der Waals surface area contributed by atoms with E-state index in [4.69, 9.17) is 0 Å². The van der Waals surface area contributed by atoms with Gasteiger partial charge in [0.05, 0.1) is 0 Å². The Labute approximate surface area is 100 Å². The number of hydrogen-bond donors (Lipinski definition) is 0. The molecular formula is C14H15Br. The van der Waals surface area contributed by atoms with Crippen LogP contribution in [0.25, 0.3) is 0 Å². The minimum Gasteiger partial charge on any atom is -0.0622 e. The molecule has 0 saturated carbocycles. The van der Waals surface area contributed by atoms with Gasteiger partial charge in [-0.3, -0.25) is 0 Å². The van der Waals surface area contributed by atoms with Crippen LogP contribution in [-0.2, 0) is 0 Å². The van der Waals surface area contributed by atoms with Crippen LogP contribution in [0.3, 0.4) is 0 Å². The summed E-state index contributed by atoms with van der Waals surface area (Å²) in [5, 5.41) is 0. The van der Waals surface area contributed by atoms with Crippen molar-refractivity contribution in [3.8, 4) is 0 Å². The highest BCUT2D eigenvalue weighted by atomic mass is 79.9. The normalized spacial score (nSPS) is 9.00. The molecule has 0 saturated heterocycles. The van der Waals surface area contributed by atoms with E-state index in [1.165, 1.54) is 11.1 Å². The van der Waals surface area contributed by atoms with E-state index in [0.29, 0.717) is 0 Å². The van der Waals surface area contributed by atoms with E-state index in [9.17, 15) is 0 Å². The second-order valence-electron chi connectivity index (χ2n) is 3.38. The second kappa shape index (κ2) is 6.41. The Hall–Kier alpha value is -1.08. The van der Waals surface area contributed by atoms with Gasteiger partial charge in [0, 0.05) is 4.47 Å². The zero-order chi connectivity index (χ0) is 11.1. The lowest BCUT2D eigenvalue weighted by Gasteiger charge is -1.93. The third kappa shape index (κ3) is 4.80. The predicted octanol–water partition coefficient (Wildman–Crippen LogP) is 4.75. The van der Waals surface area contributed by atoms with Crippen LogP contribution in [0.4, 0.5) is 0 Å². The predicted molar refractivity (Wildman–Crippen MR) is 70.1 cm³/mol. The molecule has 0 heterocycles. The molecule has 0 aliphatic rings. The first-order chi connectivity index (χ1) is 7.20. The fourth-order valence-electron chi connectivity index (χ4n) is 1.08. The molecule has 0 bridgehead atoms. The minimum atomic E-state index is 1.13. The second-order valence-corrected chi connectivity index (χ2v) is 4.30. The number of aryl methyl sites for hydroxylation is 2. The van der Waals surface area contributed by atoms with Crippen molar-refractivity contribution in [2.24, 2.45) is 0 Å². The van der Waals surface area contributed by atoms with Crippen LogP contribution in [0.1, 0.15) is 11.1 Å². The first-order valence-corrected chi connectivity index (χ1v) is 5.72. The summed E-state index contributed by atoms with van der Waals surface area (Å²) in [6.45, 7) is 4.24. The van der Waals surface area contributed by atoms with Crippen molar-refractivity contribution in [2.45, 2.75) is 13.8 Å². The molecule has 0 aliphatic heterocycles. The third-order valence-electron chi connectivity index (χ3n) is 2.16. The highest BCUT2D eigenvalue weighted by Crippen LogP contribution is 2.05. The summed E-state index contributed by atoms with van der Waals surface area (Å²) in [6.07, 6.45) is 0. The maximum atomic E-state index is 3.31. The highest BCUT2D eigenvalue weighted by Gasteiger charge is 1.83. The van der Waals surface area contributed by atoms with Gasteiger partial charge in [-0.05, 0) is 37.1 Å². The molecular weight excluding hydrogens is 248 g/mol. The van der Waals surface area contributed by atoms with Gasteiger partial charge in [-0.25, -0.2) is 0 Å². The quantitative estimate of drug-likeness (QED) is 0.643. The molecule has 0 nitrogen and oxygen atoms in total. The van der Waals surface area contributed by atoms with Crippen LogP contribution < -0.4 is 0 Å². The van der Waals surface area contributed by atoms with Crippen LogP contribution >= 0.6 is 15.9 Å². The molecule has 0 unspecified atom stereocenters. The molecule has 78 valence electrons. The topological polar surface area (TPSA) is 0 Å². The van der Waals surface area contributed by atoms with E-state index in [1.54, 1.807) is 0 Å². The minimum absolute atomic E-state index is 1.13. The first-order valence-electron chi connectivity index (χ1n) is 4.93. The molecule has 0 fully saturated rings. The average Bonchev–Trinajstić information content (AvgIpc) is 2.25. The summed E-state index contributed by atoms with van der Waals surface area (Å²) in [4.78, 5) is 0. The fourth-order valence-corrected chi connectivity index (χ4v) is 1.38. The van der Waals surface area contributed by atoms with Crippen LogP contribution in [0.15, 0.2) is 59.1 Å².